The number of amides is 1. The average molecular weight is 195 g/mol. The Labute approximate surface area is 86.5 Å². The van der Waals surface area contributed by atoms with Gasteiger partial charge in [-0.2, -0.15) is 0 Å². The molecule has 2 fully saturated rings. The first-order valence-electron chi connectivity index (χ1n) is 6.04. The van der Waals surface area contributed by atoms with E-state index in [4.69, 9.17) is 0 Å². The van der Waals surface area contributed by atoms with E-state index in [1.165, 1.54) is 57.8 Å². The third-order valence-electron chi connectivity index (χ3n) is 4.26. The van der Waals surface area contributed by atoms with Gasteiger partial charge >= 0.3 is 0 Å². The fourth-order valence-corrected chi connectivity index (χ4v) is 3.29. The third kappa shape index (κ3) is 2.10. The first-order chi connectivity index (χ1) is 6.85. The molecule has 0 saturated heterocycles. The van der Waals surface area contributed by atoms with Gasteiger partial charge in [0.05, 0.1) is 0 Å². The van der Waals surface area contributed by atoms with Crippen LogP contribution in [0.4, 0.5) is 0 Å². The van der Waals surface area contributed by atoms with Crippen LogP contribution in [-0.2, 0) is 4.79 Å². The van der Waals surface area contributed by atoms with Crippen molar-refractivity contribution in [3.63, 3.8) is 0 Å². The Morgan fingerprint density at radius 3 is 2.21 bits per heavy atom. The molecule has 2 saturated carbocycles. The van der Waals surface area contributed by atoms with Crippen LogP contribution < -0.4 is 5.32 Å². The summed E-state index contributed by atoms with van der Waals surface area (Å²) < 4.78 is 0. The van der Waals surface area contributed by atoms with Crippen LogP contribution in [0.2, 0.25) is 0 Å². The van der Waals surface area contributed by atoms with Gasteiger partial charge in [0.1, 0.15) is 0 Å². The minimum atomic E-state index is 0.472. The van der Waals surface area contributed by atoms with E-state index in [1.54, 1.807) is 0 Å². The van der Waals surface area contributed by atoms with Crippen molar-refractivity contribution in [2.75, 3.05) is 0 Å². The van der Waals surface area contributed by atoms with Crippen LogP contribution in [0, 0.1) is 5.41 Å². The van der Waals surface area contributed by atoms with Crippen molar-refractivity contribution in [3.05, 3.63) is 0 Å². The number of rotatable bonds is 2. The normalized spacial score (nSPS) is 27.4. The predicted octanol–water partition coefficient (Wildman–Crippen LogP) is 2.63. The molecule has 1 spiro atoms. The third-order valence-corrected chi connectivity index (χ3v) is 4.26. The topological polar surface area (TPSA) is 29.1 Å². The van der Waals surface area contributed by atoms with Gasteiger partial charge in [0.25, 0.3) is 0 Å². The number of hydrogen-bond donors (Lipinski definition) is 1. The second-order valence-electron chi connectivity index (χ2n) is 5.12. The molecule has 0 bridgehead atoms. The summed E-state index contributed by atoms with van der Waals surface area (Å²) in [6, 6.07) is 0.472. The van der Waals surface area contributed by atoms with Crippen molar-refractivity contribution >= 4 is 6.41 Å². The molecule has 0 heterocycles. The summed E-state index contributed by atoms with van der Waals surface area (Å²) in [6.45, 7) is 0. The van der Waals surface area contributed by atoms with Gasteiger partial charge in [-0.05, 0) is 43.9 Å². The number of nitrogens with one attached hydrogen (secondary N) is 1. The summed E-state index contributed by atoms with van der Waals surface area (Å²) in [7, 11) is 0. The molecule has 0 radical (unpaired) electrons. The fraction of sp³-hybridized carbons (Fsp3) is 0.917. The summed E-state index contributed by atoms with van der Waals surface area (Å²) in [5.74, 6) is 0. The van der Waals surface area contributed by atoms with Crippen LogP contribution in [0.3, 0.4) is 0 Å². The average Bonchev–Trinajstić information content (AvgIpc) is 2.24. The highest BCUT2D eigenvalue weighted by Crippen LogP contribution is 2.47. The Balaban J connectivity index is 1.84. The molecule has 2 aliphatic rings. The highest BCUT2D eigenvalue weighted by Gasteiger charge is 2.35. The van der Waals surface area contributed by atoms with Gasteiger partial charge in [-0.3, -0.25) is 4.79 Å². The lowest BCUT2D eigenvalue weighted by Crippen LogP contribution is -2.37. The zero-order valence-electron chi connectivity index (χ0n) is 8.93. The molecule has 14 heavy (non-hydrogen) atoms. The van der Waals surface area contributed by atoms with Crippen molar-refractivity contribution in [1.29, 1.82) is 0 Å². The zero-order chi connectivity index (χ0) is 9.86. The molecule has 2 aliphatic carbocycles. The van der Waals surface area contributed by atoms with Crippen molar-refractivity contribution in [2.24, 2.45) is 5.41 Å². The fourth-order valence-electron chi connectivity index (χ4n) is 3.29. The molecular formula is C12H21NO. The first kappa shape index (κ1) is 10.0. The molecule has 80 valence electrons. The van der Waals surface area contributed by atoms with Gasteiger partial charge in [0.15, 0.2) is 0 Å². The Kier molecular flexibility index (Phi) is 3.09. The minimum absolute atomic E-state index is 0.472. The molecule has 0 aliphatic heterocycles. The van der Waals surface area contributed by atoms with Crippen LogP contribution in [-0.4, -0.2) is 12.5 Å². The molecule has 0 aromatic carbocycles. The second-order valence-corrected chi connectivity index (χ2v) is 5.12. The number of carbonyl (C=O) groups is 1. The van der Waals surface area contributed by atoms with Gasteiger partial charge in [-0.25, -0.2) is 0 Å². The van der Waals surface area contributed by atoms with E-state index in [9.17, 15) is 4.79 Å². The maximum atomic E-state index is 10.3. The van der Waals surface area contributed by atoms with Crippen molar-refractivity contribution in [2.45, 2.75) is 63.8 Å². The Morgan fingerprint density at radius 2 is 1.64 bits per heavy atom. The van der Waals surface area contributed by atoms with Gasteiger partial charge in [-0.15, -0.1) is 0 Å². The summed E-state index contributed by atoms with van der Waals surface area (Å²) in [5.41, 5.74) is 0.680. The lowest BCUT2D eigenvalue weighted by molar-refractivity contribution is -0.110. The summed E-state index contributed by atoms with van der Waals surface area (Å²) in [5, 5.41) is 2.93. The summed E-state index contributed by atoms with van der Waals surface area (Å²) in [6.07, 6.45) is 13.2. The quantitative estimate of drug-likeness (QED) is 0.674. The Morgan fingerprint density at radius 1 is 1.00 bits per heavy atom. The van der Waals surface area contributed by atoms with Crippen LogP contribution in [0.25, 0.3) is 0 Å². The van der Waals surface area contributed by atoms with E-state index in [1.807, 2.05) is 0 Å². The van der Waals surface area contributed by atoms with Crippen LogP contribution in [0.15, 0.2) is 0 Å². The number of hydrogen-bond acceptors (Lipinski definition) is 1. The number of carbonyl (C=O) groups excluding carboxylic acids is 1. The van der Waals surface area contributed by atoms with Gasteiger partial charge in [0.2, 0.25) is 6.41 Å². The zero-order valence-corrected chi connectivity index (χ0v) is 8.93. The van der Waals surface area contributed by atoms with E-state index in [0.29, 0.717) is 11.5 Å². The molecule has 2 nitrogen and oxygen atoms in total. The minimum Gasteiger partial charge on any atom is -0.356 e. The SMILES string of the molecule is O=CNC1CCC2(CCCCC2)CC1. The molecule has 0 aromatic heterocycles. The van der Waals surface area contributed by atoms with E-state index in [2.05, 4.69) is 5.32 Å². The summed E-state index contributed by atoms with van der Waals surface area (Å²) in [4.78, 5) is 10.3. The van der Waals surface area contributed by atoms with E-state index < -0.39 is 0 Å². The highest BCUT2D eigenvalue weighted by molar-refractivity contribution is 5.46. The molecule has 1 N–H and O–H groups in total. The Hall–Kier alpha value is -0.530. The largest absolute Gasteiger partial charge is 0.356 e. The smallest absolute Gasteiger partial charge is 0.207 e. The van der Waals surface area contributed by atoms with Gasteiger partial charge < -0.3 is 5.32 Å². The maximum Gasteiger partial charge on any atom is 0.207 e. The maximum absolute atomic E-state index is 10.3. The van der Waals surface area contributed by atoms with Crippen molar-refractivity contribution in [1.82, 2.24) is 5.32 Å². The second kappa shape index (κ2) is 4.33. The van der Waals surface area contributed by atoms with Gasteiger partial charge in [-0.1, -0.05) is 19.3 Å². The lowest BCUT2D eigenvalue weighted by atomic mass is 9.64. The highest BCUT2D eigenvalue weighted by atomic mass is 16.1. The molecule has 0 atom stereocenters. The molecule has 2 heteroatoms. The van der Waals surface area contributed by atoms with E-state index in [-0.39, 0.29) is 0 Å². The molecular weight excluding hydrogens is 174 g/mol. The molecule has 0 aromatic rings. The van der Waals surface area contributed by atoms with Crippen LogP contribution in [0.1, 0.15) is 57.8 Å². The van der Waals surface area contributed by atoms with Crippen LogP contribution >= 0.6 is 0 Å². The van der Waals surface area contributed by atoms with Crippen molar-refractivity contribution < 1.29 is 4.79 Å². The first-order valence-corrected chi connectivity index (χ1v) is 6.04. The standard InChI is InChI=1S/C12H21NO/c14-10-13-11-4-8-12(9-5-11)6-2-1-3-7-12/h10-11H,1-9H2,(H,13,14). The lowest BCUT2D eigenvalue weighted by Gasteiger charge is -2.42. The van der Waals surface area contributed by atoms with Gasteiger partial charge in [0, 0.05) is 6.04 Å². The molecule has 0 unspecified atom stereocenters. The summed E-state index contributed by atoms with van der Waals surface area (Å²) >= 11 is 0. The van der Waals surface area contributed by atoms with Crippen LogP contribution in [0.5, 0.6) is 0 Å². The monoisotopic (exact) mass is 195 g/mol. The molecule has 2 rings (SSSR count). The Bertz CT molecular complexity index is 186. The molecule has 1 amide bonds. The van der Waals surface area contributed by atoms with E-state index in [0.717, 1.165) is 6.41 Å². The van der Waals surface area contributed by atoms with Crippen molar-refractivity contribution in [3.8, 4) is 0 Å². The van der Waals surface area contributed by atoms with E-state index >= 15 is 0 Å². The predicted molar refractivity (Wildman–Crippen MR) is 57.0 cm³/mol.